The lowest BCUT2D eigenvalue weighted by Gasteiger charge is -2.51. The highest BCUT2D eigenvalue weighted by Crippen LogP contribution is 2.56. The second-order valence-electron chi connectivity index (χ2n) is 23.7. The maximum atomic E-state index is 2.80. The highest BCUT2D eigenvalue weighted by Gasteiger charge is 2.52. The summed E-state index contributed by atoms with van der Waals surface area (Å²) in [6, 6.07) is 79.5. The molecule has 10 aromatic rings. The summed E-state index contributed by atoms with van der Waals surface area (Å²) < 4.78 is 0. The Kier molecular flexibility index (Phi) is 9.84. The molecule has 0 fully saturated rings. The van der Waals surface area contributed by atoms with Crippen LogP contribution in [-0.4, -0.2) is 39.6 Å². The van der Waals surface area contributed by atoms with Crippen LogP contribution in [-0.2, 0) is 25.7 Å². The summed E-state index contributed by atoms with van der Waals surface area (Å²) in [5.41, 5.74) is 36.7. The Morgan fingerprint density at radius 3 is 1.30 bits per heavy atom. The first-order valence-corrected chi connectivity index (χ1v) is 29.8. The molecule has 0 saturated heterocycles. The van der Waals surface area contributed by atoms with Gasteiger partial charge < -0.3 is 24.5 Å². The molecule has 0 aliphatic carbocycles. The second kappa shape index (κ2) is 17.4. The molecule has 0 aromatic heterocycles. The molecular weight excluding hydrogens is 968 g/mol. The van der Waals surface area contributed by atoms with E-state index in [1.165, 1.54) is 135 Å². The van der Waals surface area contributed by atoms with Crippen molar-refractivity contribution in [2.75, 3.05) is 50.7 Å². The smallest absolute Gasteiger partial charge is 0.252 e. The van der Waals surface area contributed by atoms with Gasteiger partial charge in [0, 0.05) is 94.7 Å². The maximum absolute atomic E-state index is 2.80. The van der Waals surface area contributed by atoms with Crippen LogP contribution in [0.4, 0.5) is 62.6 Å². The van der Waals surface area contributed by atoms with Gasteiger partial charge in [0.15, 0.2) is 0 Å². The molecular formula is C73H59B2N5. The van der Waals surface area contributed by atoms with Crippen LogP contribution < -0.4 is 57.3 Å². The minimum atomic E-state index is -0.0408. The van der Waals surface area contributed by atoms with Crippen LogP contribution in [0.15, 0.2) is 206 Å². The summed E-state index contributed by atoms with van der Waals surface area (Å²) >= 11 is 0. The van der Waals surface area contributed by atoms with Gasteiger partial charge in [-0.25, -0.2) is 0 Å². The van der Waals surface area contributed by atoms with Gasteiger partial charge in [-0.05, 0) is 183 Å². The van der Waals surface area contributed by atoms with Crippen LogP contribution in [0, 0.1) is 0 Å². The number of para-hydroxylation sites is 5. The average molecular weight is 1030 g/mol. The van der Waals surface area contributed by atoms with E-state index in [-0.39, 0.29) is 19.3 Å². The highest BCUT2D eigenvalue weighted by molar-refractivity contribution is 7.02. The van der Waals surface area contributed by atoms with E-state index < -0.39 is 0 Å². The van der Waals surface area contributed by atoms with E-state index in [0.29, 0.717) is 0 Å². The first-order chi connectivity index (χ1) is 39.8. The van der Waals surface area contributed by atoms with Crippen LogP contribution in [0.3, 0.4) is 0 Å². The van der Waals surface area contributed by atoms with E-state index in [9.17, 15) is 0 Å². The lowest BCUT2D eigenvalue weighted by Crippen LogP contribution is -2.66. The van der Waals surface area contributed by atoms with Gasteiger partial charge in [-0.1, -0.05) is 157 Å². The molecule has 18 rings (SSSR count). The van der Waals surface area contributed by atoms with E-state index in [1.54, 1.807) is 16.7 Å². The molecule has 8 aliphatic rings. The fourth-order valence-electron chi connectivity index (χ4n) is 17.0. The molecule has 7 heteroatoms. The van der Waals surface area contributed by atoms with E-state index >= 15 is 0 Å². The van der Waals surface area contributed by atoms with E-state index in [1.807, 2.05) is 0 Å². The third-order valence-corrected chi connectivity index (χ3v) is 19.8. The van der Waals surface area contributed by atoms with Gasteiger partial charge in [-0.15, -0.1) is 0 Å². The van der Waals surface area contributed by atoms with Crippen LogP contribution in [0.25, 0.3) is 11.1 Å². The quantitative estimate of drug-likeness (QED) is 0.159. The number of benzene rings is 10. The first-order valence-electron chi connectivity index (χ1n) is 29.8. The molecule has 80 heavy (non-hydrogen) atoms. The largest absolute Gasteiger partial charge is 0.371 e. The Balaban J connectivity index is 1.02. The van der Waals surface area contributed by atoms with Crippen molar-refractivity contribution in [3.63, 3.8) is 0 Å². The van der Waals surface area contributed by atoms with Crippen molar-refractivity contribution in [1.82, 2.24) is 0 Å². The number of rotatable bonds is 5. The molecule has 5 nitrogen and oxygen atoms in total. The molecule has 1 atom stereocenters. The minimum Gasteiger partial charge on any atom is -0.371 e. The Morgan fingerprint density at radius 1 is 0.325 bits per heavy atom. The van der Waals surface area contributed by atoms with Crippen molar-refractivity contribution in [3.8, 4) is 11.1 Å². The van der Waals surface area contributed by atoms with E-state index in [0.717, 1.165) is 71.1 Å². The standard InChI is InChI=1S/C73H59B2N5/c1-5-23-47(24-6-1)51-31-13-14-32-52(51)65-57-45-64-61(46-60(57)74-58-37-15-17-39-62(58)78(48-25-7-2-8-26-48)71-54-34-20-42-76-41-19-33-53(69(54)76)66(65)67(71)74)75-59-38-16-18-40-63(59)79(49-27-9-3-10-28-49)72-55-35-21-43-77-44-22-36-56(70(55)77)73(68(72)75)80(64)50-29-11-4-12-30-50/h1-18,23-32,37-40,45-46,65H,19-22,33-36,41-44H2. The summed E-state index contributed by atoms with van der Waals surface area (Å²) in [6.07, 6.45) is 8.95. The molecule has 0 saturated carbocycles. The van der Waals surface area contributed by atoms with E-state index in [2.05, 4.69) is 231 Å². The maximum Gasteiger partial charge on any atom is 0.252 e. The highest BCUT2D eigenvalue weighted by atomic mass is 15.2. The molecule has 0 N–H and O–H groups in total. The molecule has 8 aliphatic heterocycles. The summed E-state index contributed by atoms with van der Waals surface area (Å²) in [7, 11) is 0. The van der Waals surface area contributed by atoms with Gasteiger partial charge in [0.1, 0.15) is 0 Å². The van der Waals surface area contributed by atoms with Crippen LogP contribution in [0.2, 0.25) is 0 Å². The molecule has 0 bridgehead atoms. The van der Waals surface area contributed by atoms with Crippen molar-refractivity contribution >= 4 is 109 Å². The number of hydrogen-bond donors (Lipinski definition) is 0. The zero-order chi connectivity index (χ0) is 52.2. The van der Waals surface area contributed by atoms with E-state index in [4.69, 9.17) is 0 Å². The van der Waals surface area contributed by atoms with Crippen molar-refractivity contribution in [2.24, 2.45) is 0 Å². The monoisotopic (exact) mass is 1030 g/mol. The zero-order valence-corrected chi connectivity index (χ0v) is 45.1. The summed E-state index contributed by atoms with van der Waals surface area (Å²) in [4.78, 5) is 13.7. The molecule has 0 amide bonds. The lowest BCUT2D eigenvalue weighted by atomic mass is 9.28. The van der Waals surface area contributed by atoms with Crippen LogP contribution in [0.1, 0.15) is 70.5 Å². The Labute approximate surface area is 470 Å². The molecule has 10 aromatic carbocycles. The minimum absolute atomic E-state index is 0.00380. The number of nitrogens with zero attached hydrogens (tertiary/aromatic N) is 5. The number of anilines is 11. The van der Waals surface area contributed by atoms with Gasteiger partial charge in [-0.2, -0.15) is 0 Å². The SMILES string of the molecule is c1ccc(-c2ccccc2C2c3cc4c(cc3B3c5ccccc5N(c5ccccc5)c5c6c7c(c2c53)CCCN7CCC6)B2c3ccccc3N(c3ccccc3)c3c5c6c(c(c32)N4c2ccccc2)CCCN6CCC5)cc1. The molecule has 1 unspecified atom stereocenters. The van der Waals surface area contributed by atoms with Crippen molar-refractivity contribution in [3.05, 3.63) is 245 Å². The summed E-state index contributed by atoms with van der Waals surface area (Å²) in [6.45, 7) is 4.46. The Morgan fingerprint density at radius 2 is 0.750 bits per heavy atom. The lowest BCUT2D eigenvalue weighted by molar-refractivity contribution is 0.630. The predicted octanol–water partition coefficient (Wildman–Crippen LogP) is 12.6. The summed E-state index contributed by atoms with van der Waals surface area (Å²) in [5.74, 6) is -0.0408. The zero-order valence-electron chi connectivity index (χ0n) is 45.1. The van der Waals surface area contributed by atoms with Crippen molar-refractivity contribution in [1.29, 1.82) is 0 Å². The van der Waals surface area contributed by atoms with Crippen LogP contribution in [0.5, 0.6) is 0 Å². The topological polar surface area (TPSA) is 16.2 Å². The third kappa shape index (κ3) is 6.21. The number of hydrogen-bond acceptors (Lipinski definition) is 5. The van der Waals surface area contributed by atoms with Crippen LogP contribution >= 0.6 is 0 Å². The predicted molar refractivity (Wildman–Crippen MR) is 337 cm³/mol. The Bertz CT molecular complexity index is 4200. The average Bonchev–Trinajstić information content (AvgIpc) is 3.58. The van der Waals surface area contributed by atoms with Crippen molar-refractivity contribution < 1.29 is 0 Å². The first kappa shape index (κ1) is 45.2. The molecule has 8 heterocycles. The van der Waals surface area contributed by atoms with Gasteiger partial charge in [0.2, 0.25) is 6.71 Å². The normalized spacial score (nSPS) is 17.4. The van der Waals surface area contributed by atoms with Crippen molar-refractivity contribution in [2.45, 2.75) is 57.3 Å². The van der Waals surface area contributed by atoms with Gasteiger partial charge >= 0.3 is 0 Å². The fourth-order valence-corrected chi connectivity index (χ4v) is 17.0. The van der Waals surface area contributed by atoms with Gasteiger partial charge in [-0.3, -0.25) is 0 Å². The number of fused-ring (bicyclic) bond motifs is 12. The van der Waals surface area contributed by atoms with Gasteiger partial charge in [0.05, 0.1) is 0 Å². The molecule has 0 radical (unpaired) electrons. The second-order valence-corrected chi connectivity index (χ2v) is 23.7. The third-order valence-electron chi connectivity index (χ3n) is 19.8. The van der Waals surface area contributed by atoms with Gasteiger partial charge in [0.25, 0.3) is 6.71 Å². The molecule has 382 valence electrons. The molecule has 0 spiro atoms. The Hall–Kier alpha value is -8.67. The summed E-state index contributed by atoms with van der Waals surface area (Å²) in [5, 5.41) is 0. The fraction of sp³-hybridized carbons (Fsp3) is 0.178.